The molecule has 0 spiro atoms. The number of hydrogen-bond acceptors (Lipinski definition) is 2. The predicted octanol–water partition coefficient (Wildman–Crippen LogP) is 3.73. The lowest BCUT2D eigenvalue weighted by atomic mass is 10.1. The van der Waals surface area contributed by atoms with Gasteiger partial charge in [-0.2, -0.15) is 5.10 Å². The van der Waals surface area contributed by atoms with Gasteiger partial charge in [-0.1, -0.05) is 42.0 Å². The molecule has 1 aromatic heterocycles. The smallest absolute Gasteiger partial charge is 0.171 e. The average Bonchev–Trinajstić information content (AvgIpc) is 3.08. The van der Waals surface area contributed by atoms with E-state index in [0.29, 0.717) is 11.7 Å². The van der Waals surface area contributed by atoms with Gasteiger partial charge in [0.25, 0.3) is 0 Å². The first kappa shape index (κ1) is 16.2. The van der Waals surface area contributed by atoms with Gasteiger partial charge in [-0.3, -0.25) is 4.68 Å². The number of aryl methyl sites for hydroxylation is 1. The summed E-state index contributed by atoms with van der Waals surface area (Å²) >= 11 is 5.38. The number of anilines is 1. The maximum atomic E-state index is 5.38. The summed E-state index contributed by atoms with van der Waals surface area (Å²) in [5.41, 5.74) is 4.61. The van der Waals surface area contributed by atoms with Crippen LogP contribution in [0.3, 0.4) is 0 Å². The van der Waals surface area contributed by atoms with Crippen LogP contribution in [0.15, 0.2) is 67.0 Å². The zero-order chi connectivity index (χ0) is 16.8. The first-order valence-electron chi connectivity index (χ1n) is 7.86. The van der Waals surface area contributed by atoms with Gasteiger partial charge in [0, 0.05) is 24.6 Å². The molecule has 0 radical (unpaired) electrons. The van der Waals surface area contributed by atoms with Gasteiger partial charge in [-0.15, -0.1) is 0 Å². The first-order valence-corrected chi connectivity index (χ1v) is 8.27. The molecule has 2 N–H and O–H groups in total. The highest BCUT2D eigenvalue weighted by atomic mass is 32.1. The van der Waals surface area contributed by atoms with Crippen LogP contribution in [0.5, 0.6) is 0 Å². The van der Waals surface area contributed by atoms with Crippen molar-refractivity contribution in [2.24, 2.45) is 0 Å². The Morgan fingerprint density at radius 2 is 1.92 bits per heavy atom. The van der Waals surface area contributed by atoms with E-state index in [1.54, 1.807) is 6.20 Å². The molecule has 0 atom stereocenters. The fourth-order valence-electron chi connectivity index (χ4n) is 2.39. The Balaban J connectivity index is 1.55. The summed E-state index contributed by atoms with van der Waals surface area (Å²) in [6, 6.07) is 18.5. The third kappa shape index (κ3) is 4.67. The highest BCUT2D eigenvalue weighted by Gasteiger charge is 2.01. The molecule has 0 amide bonds. The third-order valence-electron chi connectivity index (χ3n) is 3.66. The molecule has 0 aliphatic carbocycles. The second-order valence-electron chi connectivity index (χ2n) is 5.70. The van der Waals surface area contributed by atoms with Crippen LogP contribution in [-0.2, 0) is 13.1 Å². The van der Waals surface area contributed by atoms with Crippen molar-refractivity contribution in [1.29, 1.82) is 0 Å². The first-order chi connectivity index (χ1) is 11.7. The van der Waals surface area contributed by atoms with Gasteiger partial charge >= 0.3 is 0 Å². The van der Waals surface area contributed by atoms with Gasteiger partial charge < -0.3 is 10.6 Å². The summed E-state index contributed by atoms with van der Waals surface area (Å²) in [6.07, 6.45) is 3.74. The van der Waals surface area contributed by atoms with Crippen molar-refractivity contribution in [3.8, 4) is 0 Å². The van der Waals surface area contributed by atoms with Gasteiger partial charge in [-0.05, 0) is 48.5 Å². The molecule has 3 rings (SSSR count). The zero-order valence-electron chi connectivity index (χ0n) is 13.6. The predicted molar refractivity (Wildman–Crippen MR) is 102 cm³/mol. The Morgan fingerprint density at radius 3 is 2.67 bits per heavy atom. The van der Waals surface area contributed by atoms with Crippen molar-refractivity contribution in [3.05, 3.63) is 83.7 Å². The van der Waals surface area contributed by atoms with Crippen molar-refractivity contribution in [3.63, 3.8) is 0 Å². The zero-order valence-corrected chi connectivity index (χ0v) is 14.4. The highest BCUT2D eigenvalue weighted by molar-refractivity contribution is 7.80. The SMILES string of the molecule is Cc1ccc(CNC(=S)Nc2cccc(Cn3cccn3)c2)cc1. The summed E-state index contributed by atoms with van der Waals surface area (Å²) in [5.74, 6) is 0. The summed E-state index contributed by atoms with van der Waals surface area (Å²) < 4.78 is 1.90. The highest BCUT2D eigenvalue weighted by Crippen LogP contribution is 2.12. The molecule has 0 aliphatic rings. The third-order valence-corrected chi connectivity index (χ3v) is 3.91. The lowest BCUT2D eigenvalue weighted by molar-refractivity contribution is 0.687. The molecule has 0 saturated carbocycles. The number of nitrogens with one attached hydrogen (secondary N) is 2. The van der Waals surface area contributed by atoms with Crippen LogP contribution >= 0.6 is 12.2 Å². The molecule has 4 nitrogen and oxygen atoms in total. The Labute approximate surface area is 147 Å². The Morgan fingerprint density at radius 1 is 1.08 bits per heavy atom. The van der Waals surface area contributed by atoms with Crippen LogP contribution in [0, 0.1) is 6.92 Å². The molecule has 0 unspecified atom stereocenters. The van der Waals surface area contributed by atoms with E-state index in [9.17, 15) is 0 Å². The van der Waals surface area contributed by atoms with E-state index in [4.69, 9.17) is 12.2 Å². The summed E-state index contributed by atoms with van der Waals surface area (Å²) in [7, 11) is 0. The number of benzene rings is 2. The van der Waals surface area contributed by atoms with E-state index in [2.05, 4.69) is 59.1 Å². The molecular formula is C19H20N4S. The molecule has 5 heteroatoms. The maximum Gasteiger partial charge on any atom is 0.171 e. The number of rotatable bonds is 5. The molecule has 122 valence electrons. The second-order valence-corrected chi connectivity index (χ2v) is 6.11. The number of nitrogens with zero attached hydrogens (tertiary/aromatic N) is 2. The van der Waals surface area contributed by atoms with Gasteiger partial charge in [0.05, 0.1) is 6.54 Å². The fourth-order valence-corrected chi connectivity index (χ4v) is 2.58. The molecule has 1 heterocycles. The van der Waals surface area contributed by atoms with Crippen molar-refractivity contribution in [2.75, 3.05) is 5.32 Å². The minimum Gasteiger partial charge on any atom is -0.358 e. The standard InChI is InChI=1S/C19H20N4S/c1-15-6-8-16(9-7-15)13-20-19(24)22-18-5-2-4-17(12-18)14-23-11-3-10-21-23/h2-12H,13-14H2,1H3,(H2,20,22,24). The van der Waals surface area contributed by atoms with Crippen LogP contribution in [0.1, 0.15) is 16.7 Å². The van der Waals surface area contributed by atoms with Gasteiger partial charge in [0.1, 0.15) is 0 Å². The maximum absolute atomic E-state index is 5.38. The van der Waals surface area contributed by atoms with Crippen LogP contribution in [0.2, 0.25) is 0 Å². The molecule has 0 bridgehead atoms. The number of thiocarbonyl (C=S) groups is 1. The van der Waals surface area contributed by atoms with Gasteiger partial charge in [0.2, 0.25) is 0 Å². The van der Waals surface area contributed by atoms with E-state index in [-0.39, 0.29) is 0 Å². The van der Waals surface area contributed by atoms with Crippen molar-refractivity contribution < 1.29 is 0 Å². The van der Waals surface area contributed by atoms with Crippen LogP contribution in [0.25, 0.3) is 0 Å². The lowest BCUT2D eigenvalue weighted by Crippen LogP contribution is -2.27. The second kappa shape index (κ2) is 7.75. The van der Waals surface area contributed by atoms with Crippen molar-refractivity contribution in [1.82, 2.24) is 15.1 Å². The van der Waals surface area contributed by atoms with E-state index in [1.165, 1.54) is 16.7 Å². The molecule has 3 aromatic rings. The van der Waals surface area contributed by atoms with Crippen LogP contribution < -0.4 is 10.6 Å². The minimum atomic E-state index is 0.617. The summed E-state index contributed by atoms with van der Waals surface area (Å²) in [4.78, 5) is 0. The lowest BCUT2D eigenvalue weighted by Gasteiger charge is -2.12. The Kier molecular flexibility index (Phi) is 5.23. The van der Waals surface area contributed by atoms with Gasteiger partial charge in [-0.25, -0.2) is 0 Å². The van der Waals surface area contributed by atoms with E-state index in [1.807, 2.05) is 29.1 Å². The Bertz CT molecular complexity index is 794. The molecule has 2 aromatic carbocycles. The largest absolute Gasteiger partial charge is 0.358 e. The fraction of sp³-hybridized carbons (Fsp3) is 0.158. The van der Waals surface area contributed by atoms with Crippen molar-refractivity contribution >= 4 is 23.0 Å². The van der Waals surface area contributed by atoms with E-state index in [0.717, 1.165) is 12.2 Å². The quantitative estimate of drug-likeness (QED) is 0.697. The topological polar surface area (TPSA) is 41.9 Å². The van der Waals surface area contributed by atoms with E-state index < -0.39 is 0 Å². The Hall–Kier alpha value is -2.66. The monoisotopic (exact) mass is 336 g/mol. The number of hydrogen-bond donors (Lipinski definition) is 2. The van der Waals surface area contributed by atoms with Gasteiger partial charge in [0.15, 0.2) is 5.11 Å². The molecule has 0 aliphatic heterocycles. The number of aromatic nitrogens is 2. The molecular weight excluding hydrogens is 316 g/mol. The summed E-state index contributed by atoms with van der Waals surface area (Å²) in [5, 5.41) is 11.3. The molecule has 0 saturated heterocycles. The molecule has 0 fully saturated rings. The van der Waals surface area contributed by atoms with Crippen LogP contribution in [-0.4, -0.2) is 14.9 Å². The average molecular weight is 336 g/mol. The minimum absolute atomic E-state index is 0.617. The van der Waals surface area contributed by atoms with Crippen molar-refractivity contribution in [2.45, 2.75) is 20.0 Å². The van der Waals surface area contributed by atoms with E-state index >= 15 is 0 Å². The normalized spacial score (nSPS) is 10.4. The molecule has 24 heavy (non-hydrogen) atoms. The van der Waals surface area contributed by atoms with Crippen LogP contribution in [0.4, 0.5) is 5.69 Å². The summed E-state index contributed by atoms with van der Waals surface area (Å²) in [6.45, 7) is 3.53.